The summed E-state index contributed by atoms with van der Waals surface area (Å²) in [6.07, 6.45) is -4.10. The van der Waals surface area contributed by atoms with E-state index in [-0.39, 0.29) is 32.1 Å². The molecule has 10 heteroatoms. The summed E-state index contributed by atoms with van der Waals surface area (Å²) in [5, 5.41) is -0.557. The molecule has 0 radical (unpaired) electrons. The molecule has 1 aliphatic rings. The van der Waals surface area contributed by atoms with Crippen LogP contribution in [0.25, 0.3) is 0 Å². The van der Waals surface area contributed by atoms with Crippen LogP contribution >= 0.6 is 11.6 Å². The van der Waals surface area contributed by atoms with Crippen molar-refractivity contribution in [3.8, 4) is 0 Å². The number of hydrogen-bond donors (Lipinski definition) is 0. The van der Waals surface area contributed by atoms with Gasteiger partial charge in [0.1, 0.15) is 0 Å². The van der Waals surface area contributed by atoms with Gasteiger partial charge in [-0.15, -0.1) is 0 Å². The molecule has 0 saturated carbocycles. The molecule has 0 atom stereocenters. The van der Waals surface area contributed by atoms with Crippen LogP contribution in [0.15, 0.2) is 23.1 Å². The van der Waals surface area contributed by atoms with Gasteiger partial charge in [-0.2, -0.15) is 17.5 Å². The normalized spacial score (nSPS) is 17.2. The Bertz CT molecular complexity index is 817. The number of alkyl halides is 3. The lowest BCUT2D eigenvalue weighted by Crippen LogP contribution is -2.53. The molecule has 1 heterocycles. The molecule has 1 aromatic carbocycles. The molecular formula is C17H22ClF3N2O3S. The van der Waals surface area contributed by atoms with Crippen LogP contribution in [-0.2, 0) is 21.0 Å². The highest BCUT2D eigenvalue weighted by Crippen LogP contribution is 2.36. The molecule has 1 aromatic rings. The lowest BCUT2D eigenvalue weighted by atomic mass is 9.88. The quantitative estimate of drug-likeness (QED) is 0.738. The summed E-state index contributed by atoms with van der Waals surface area (Å²) in [6.45, 7) is 5.99. The standard InChI is InChI=1S/C17H22ClF3N2O3S/c1-4-16(2,3)15(24)22-7-9-23(10-8-22)27(25,26)12-5-6-14(18)13(11-12)17(19,20)21/h5-6,11H,4,7-10H2,1-3H3. The molecule has 1 amide bonds. The van der Waals surface area contributed by atoms with E-state index in [1.165, 1.54) is 0 Å². The summed E-state index contributed by atoms with van der Waals surface area (Å²) in [7, 11) is -4.12. The monoisotopic (exact) mass is 426 g/mol. The van der Waals surface area contributed by atoms with Gasteiger partial charge in [-0.05, 0) is 24.6 Å². The topological polar surface area (TPSA) is 57.7 Å². The molecular weight excluding hydrogens is 405 g/mol. The summed E-state index contributed by atoms with van der Waals surface area (Å²) in [4.78, 5) is 13.6. The number of piperazine rings is 1. The van der Waals surface area contributed by atoms with E-state index >= 15 is 0 Å². The molecule has 0 bridgehead atoms. The molecule has 1 saturated heterocycles. The number of amides is 1. The van der Waals surface area contributed by atoms with Gasteiger partial charge >= 0.3 is 6.18 Å². The van der Waals surface area contributed by atoms with Crippen LogP contribution in [0.2, 0.25) is 5.02 Å². The van der Waals surface area contributed by atoms with Crippen molar-refractivity contribution in [1.29, 1.82) is 0 Å². The molecule has 0 unspecified atom stereocenters. The number of halogens is 4. The van der Waals surface area contributed by atoms with Crippen LogP contribution in [0.1, 0.15) is 32.8 Å². The number of benzene rings is 1. The van der Waals surface area contributed by atoms with Crippen molar-refractivity contribution < 1.29 is 26.4 Å². The smallest absolute Gasteiger partial charge is 0.340 e. The minimum absolute atomic E-state index is 0.0256. The van der Waals surface area contributed by atoms with E-state index < -0.39 is 37.1 Å². The predicted octanol–water partition coefficient (Wildman–Crippen LogP) is 3.63. The Hall–Kier alpha value is -1.32. The summed E-state index contributed by atoms with van der Waals surface area (Å²) in [6, 6.07) is 2.54. The maximum Gasteiger partial charge on any atom is 0.417 e. The maximum absolute atomic E-state index is 13.0. The van der Waals surface area contributed by atoms with Crippen LogP contribution in [0.3, 0.4) is 0 Å². The third kappa shape index (κ3) is 4.57. The number of rotatable bonds is 4. The van der Waals surface area contributed by atoms with E-state index in [1.54, 1.807) is 4.90 Å². The zero-order valence-electron chi connectivity index (χ0n) is 15.3. The predicted molar refractivity (Wildman–Crippen MR) is 95.9 cm³/mol. The van der Waals surface area contributed by atoms with Crippen LogP contribution in [-0.4, -0.2) is 49.7 Å². The Balaban J connectivity index is 2.20. The van der Waals surface area contributed by atoms with Gasteiger partial charge in [0, 0.05) is 31.6 Å². The van der Waals surface area contributed by atoms with E-state index in [9.17, 15) is 26.4 Å². The first-order valence-corrected chi connectivity index (χ1v) is 10.3. The van der Waals surface area contributed by atoms with E-state index in [2.05, 4.69) is 0 Å². The number of carbonyl (C=O) groups is 1. The van der Waals surface area contributed by atoms with Crippen LogP contribution in [0.5, 0.6) is 0 Å². The molecule has 2 rings (SSSR count). The summed E-state index contributed by atoms with van der Waals surface area (Å²) >= 11 is 5.55. The highest BCUT2D eigenvalue weighted by atomic mass is 35.5. The third-order valence-corrected chi connectivity index (χ3v) is 7.09. The van der Waals surface area contributed by atoms with Crippen molar-refractivity contribution in [2.75, 3.05) is 26.2 Å². The summed E-state index contributed by atoms with van der Waals surface area (Å²) < 4.78 is 65.6. The summed E-state index contributed by atoms with van der Waals surface area (Å²) in [5.41, 5.74) is -1.73. The van der Waals surface area contributed by atoms with Gasteiger partial charge in [0.15, 0.2) is 0 Å². The van der Waals surface area contributed by atoms with Crippen molar-refractivity contribution in [3.63, 3.8) is 0 Å². The Labute approximate surface area is 162 Å². The fourth-order valence-electron chi connectivity index (χ4n) is 2.74. The first-order valence-electron chi connectivity index (χ1n) is 8.47. The first-order chi connectivity index (χ1) is 12.3. The maximum atomic E-state index is 13.0. The second-order valence-electron chi connectivity index (χ2n) is 7.07. The van der Waals surface area contributed by atoms with Crippen molar-refractivity contribution in [3.05, 3.63) is 28.8 Å². The number of hydrogen-bond acceptors (Lipinski definition) is 3. The SMILES string of the molecule is CCC(C)(C)C(=O)N1CCN(S(=O)(=O)c2ccc(Cl)c(C(F)(F)F)c2)CC1. The molecule has 0 aromatic heterocycles. The van der Waals surface area contributed by atoms with Gasteiger partial charge in [-0.25, -0.2) is 8.42 Å². The minimum Gasteiger partial charge on any atom is -0.340 e. The van der Waals surface area contributed by atoms with Gasteiger partial charge in [0.2, 0.25) is 15.9 Å². The Morgan fingerprint density at radius 3 is 2.19 bits per heavy atom. The fourth-order valence-corrected chi connectivity index (χ4v) is 4.42. The molecule has 5 nitrogen and oxygen atoms in total. The number of nitrogens with zero attached hydrogens (tertiary/aromatic N) is 2. The highest BCUT2D eigenvalue weighted by molar-refractivity contribution is 7.89. The zero-order valence-corrected chi connectivity index (χ0v) is 16.9. The summed E-state index contributed by atoms with van der Waals surface area (Å²) in [5.74, 6) is -0.0621. The van der Waals surface area contributed by atoms with Crippen molar-refractivity contribution in [2.45, 2.75) is 38.3 Å². The zero-order chi connectivity index (χ0) is 20.6. The van der Waals surface area contributed by atoms with Gasteiger partial charge in [-0.1, -0.05) is 32.4 Å². The van der Waals surface area contributed by atoms with Crippen LogP contribution in [0.4, 0.5) is 13.2 Å². The molecule has 1 fully saturated rings. The van der Waals surface area contributed by atoms with Crippen LogP contribution in [0, 0.1) is 5.41 Å². The van der Waals surface area contributed by atoms with Crippen molar-refractivity contribution >= 4 is 27.5 Å². The molecule has 1 aliphatic heterocycles. The van der Waals surface area contributed by atoms with E-state index in [1.807, 2.05) is 20.8 Å². The lowest BCUT2D eigenvalue weighted by Gasteiger charge is -2.37. The number of sulfonamides is 1. The molecule has 0 N–H and O–H groups in total. The second kappa shape index (κ2) is 7.60. The largest absolute Gasteiger partial charge is 0.417 e. The van der Waals surface area contributed by atoms with Gasteiger partial charge < -0.3 is 4.90 Å². The Morgan fingerprint density at radius 2 is 1.70 bits per heavy atom. The van der Waals surface area contributed by atoms with Gasteiger partial charge in [-0.3, -0.25) is 4.79 Å². The van der Waals surface area contributed by atoms with Crippen LogP contribution < -0.4 is 0 Å². The Morgan fingerprint density at radius 1 is 1.15 bits per heavy atom. The van der Waals surface area contributed by atoms with Gasteiger partial charge in [0.25, 0.3) is 0 Å². The average Bonchev–Trinajstić information content (AvgIpc) is 2.60. The van der Waals surface area contributed by atoms with E-state index in [4.69, 9.17) is 11.6 Å². The molecule has 27 heavy (non-hydrogen) atoms. The van der Waals surface area contributed by atoms with Crippen molar-refractivity contribution in [2.24, 2.45) is 5.41 Å². The number of carbonyl (C=O) groups excluding carboxylic acids is 1. The van der Waals surface area contributed by atoms with Crippen molar-refractivity contribution in [1.82, 2.24) is 9.21 Å². The fraction of sp³-hybridized carbons (Fsp3) is 0.588. The lowest BCUT2D eigenvalue weighted by molar-refractivity contribution is -0.141. The van der Waals surface area contributed by atoms with E-state index in [0.717, 1.165) is 16.4 Å². The minimum atomic E-state index is -4.75. The molecule has 0 spiro atoms. The molecule has 152 valence electrons. The average molecular weight is 427 g/mol. The molecule has 0 aliphatic carbocycles. The second-order valence-corrected chi connectivity index (χ2v) is 9.42. The Kier molecular flexibility index (Phi) is 6.18. The third-order valence-electron chi connectivity index (χ3n) is 4.87. The first kappa shape index (κ1) is 22.0. The van der Waals surface area contributed by atoms with Gasteiger partial charge in [0.05, 0.1) is 15.5 Å². The van der Waals surface area contributed by atoms with E-state index in [0.29, 0.717) is 12.5 Å². The highest BCUT2D eigenvalue weighted by Gasteiger charge is 2.37.